The fraction of sp³-hybridized carbons (Fsp3) is 0.0526. The Bertz CT molecular complexity index is 1280. The highest BCUT2D eigenvalue weighted by molar-refractivity contribution is 7.93. The van der Waals surface area contributed by atoms with Crippen molar-refractivity contribution in [3.8, 4) is 11.5 Å². The summed E-state index contributed by atoms with van der Waals surface area (Å²) in [7, 11) is -3.66. The Morgan fingerprint density at radius 3 is 2.52 bits per heavy atom. The Hall–Kier alpha value is -2.90. The van der Waals surface area contributed by atoms with Crippen molar-refractivity contribution in [2.45, 2.75) is 11.4 Å². The highest BCUT2D eigenvalue weighted by atomic mass is 35.5. The van der Waals surface area contributed by atoms with Gasteiger partial charge in [0, 0.05) is 16.0 Å². The largest absolute Gasteiger partial charge is 0.334 e. The van der Waals surface area contributed by atoms with Crippen LogP contribution in [0.25, 0.3) is 22.2 Å². The van der Waals surface area contributed by atoms with Crippen molar-refractivity contribution in [3.05, 3.63) is 71.5 Å². The predicted molar refractivity (Wildman–Crippen MR) is 102 cm³/mol. The van der Waals surface area contributed by atoms with E-state index in [0.717, 1.165) is 10.8 Å². The van der Waals surface area contributed by atoms with E-state index in [1.807, 2.05) is 18.2 Å². The molecule has 0 saturated heterocycles. The molecular formula is C19H12ClN3O3S. The van der Waals surface area contributed by atoms with Crippen molar-refractivity contribution in [3.63, 3.8) is 0 Å². The van der Waals surface area contributed by atoms with Gasteiger partial charge in [-0.2, -0.15) is 4.98 Å². The van der Waals surface area contributed by atoms with E-state index in [0.29, 0.717) is 27.1 Å². The van der Waals surface area contributed by atoms with Crippen LogP contribution >= 0.6 is 11.6 Å². The number of hydrogen-bond donors (Lipinski definition) is 0. The number of aromatic nitrogens is 2. The van der Waals surface area contributed by atoms with Gasteiger partial charge in [0.05, 0.1) is 17.1 Å². The molecule has 0 saturated carbocycles. The molecule has 0 spiro atoms. The van der Waals surface area contributed by atoms with E-state index in [1.165, 1.54) is 4.31 Å². The molecule has 0 unspecified atom stereocenters. The topological polar surface area (TPSA) is 76.3 Å². The normalized spacial score (nSPS) is 14.8. The van der Waals surface area contributed by atoms with Crippen LogP contribution in [0.5, 0.6) is 0 Å². The zero-order chi connectivity index (χ0) is 18.6. The smallest absolute Gasteiger partial charge is 0.265 e. The maximum Gasteiger partial charge on any atom is 0.265 e. The average Bonchev–Trinajstić information content (AvgIpc) is 3.21. The first kappa shape index (κ1) is 16.3. The highest BCUT2D eigenvalue weighted by Crippen LogP contribution is 2.42. The van der Waals surface area contributed by atoms with Gasteiger partial charge in [0.1, 0.15) is 0 Å². The summed E-state index contributed by atoms with van der Waals surface area (Å²) in [5.74, 6) is 0.599. The number of anilines is 1. The molecule has 1 aliphatic heterocycles. The molecule has 27 heavy (non-hydrogen) atoms. The number of hydrogen-bond acceptors (Lipinski definition) is 5. The summed E-state index contributed by atoms with van der Waals surface area (Å²) in [4.78, 5) is 4.64. The first-order chi connectivity index (χ1) is 13.0. The lowest BCUT2D eigenvalue weighted by Gasteiger charge is -2.16. The number of halogens is 1. The summed E-state index contributed by atoms with van der Waals surface area (Å²) in [6.07, 6.45) is 0. The maximum absolute atomic E-state index is 13.0. The minimum absolute atomic E-state index is 0.00673. The Balaban J connectivity index is 1.54. The van der Waals surface area contributed by atoms with Crippen molar-refractivity contribution in [2.75, 3.05) is 4.31 Å². The van der Waals surface area contributed by atoms with E-state index in [2.05, 4.69) is 10.1 Å². The molecule has 0 amide bonds. The lowest BCUT2D eigenvalue weighted by atomic mass is 10.1. The average molecular weight is 398 g/mol. The third-order valence-electron chi connectivity index (χ3n) is 4.53. The fourth-order valence-corrected chi connectivity index (χ4v) is 5.08. The SMILES string of the molecule is O=S1(=O)c2cccc3cccc(c23)N1Cc1noc(-c2ccc(Cl)cc2)n1. The summed E-state index contributed by atoms with van der Waals surface area (Å²) in [6.45, 7) is -0.00673. The lowest BCUT2D eigenvalue weighted by molar-refractivity contribution is 0.423. The van der Waals surface area contributed by atoms with E-state index in [9.17, 15) is 8.42 Å². The Morgan fingerprint density at radius 1 is 1.00 bits per heavy atom. The predicted octanol–water partition coefficient (Wildman–Crippen LogP) is 4.25. The van der Waals surface area contributed by atoms with Gasteiger partial charge in [-0.3, -0.25) is 4.31 Å². The van der Waals surface area contributed by atoms with E-state index >= 15 is 0 Å². The summed E-state index contributed by atoms with van der Waals surface area (Å²) in [5.41, 5.74) is 1.34. The monoisotopic (exact) mass is 397 g/mol. The molecule has 2 heterocycles. The van der Waals surface area contributed by atoms with Gasteiger partial charge < -0.3 is 4.52 Å². The van der Waals surface area contributed by atoms with Crippen molar-refractivity contribution in [2.24, 2.45) is 0 Å². The second-order valence-electron chi connectivity index (χ2n) is 6.17. The number of nitrogens with zero attached hydrogens (tertiary/aromatic N) is 3. The van der Waals surface area contributed by atoms with Gasteiger partial charge in [0.15, 0.2) is 5.82 Å². The van der Waals surface area contributed by atoms with E-state index in [-0.39, 0.29) is 12.4 Å². The van der Waals surface area contributed by atoms with Gasteiger partial charge in [-0.05, 0) is 41.8 Å². The Morgan fingerprint density at radius 2 is 1.74 bits per heavy atom. The summed E-state index contributed by atoms with van der Waals surface area (Å²) in [6, 6.07) is 17.8. The molecule has 0 atom stereocenters. The van der Waals surface area contributed by atoms with Crippen LogP contribution in [0.15, 0.2) is 70.1 Å². The molecule has 8 heteroatoms. The Labute approximate surface area is 160 Å². The highest BCUT2D eigenvalue weighted by Gasteiger charge is 2.36. The summed E-state index contributed by atoms with van der Waals surface area (Å²) < 4.78 is 32.6. The van der Waals surface area contributed by atoms with E-state index in [1.54, 1.807) is 42.5 Å². The van der Waals surface area contributed by atoms with Gasteiger partial charge in [0.2, 0.25) is 0 Å². The van der Waals surface area contributed by atoms with Gasteiger partial charge in [-0.25, -0.2) is 8.42 Å². The molecule has 6 nitrogen and oxygen atoms in total. The lowest BCUT2D eigenvalue weighted by Crippen LogP contribution is -2.27. The molecule has 1 aromatic heterocycles. The maximum atomic E-state index is 13.0. The zero-order valence-corrected chi connectivity index (χ0v) is 15.4. The van der Waals surface area contributed by atoms with Crippen LogP contribution < -0.4 is 4.31 Å². The van der Waals surface area contributed by atoms with Crippen LogP contribution in [0, 0.1) is 0 Å². The third kappa shape index (κ3) is 2.50. The number of rotatable bonds is 3. The van der Waals surface area contributed by atoms with Crippen molar-refractivity contribution >= 4 is 38.1 Å². The van der Waals surface area contributed by atoms with E-state index in [4.69, 9.17) is 16.1 Å². The molecule has 0 N–H and O–H groups in total. The molecule has 5 rings (SSSR count). The van der Waals surface area contributed by atoms with Crippen molar-refractivity contribution in [1.82, 2.24) is 10.1 Å². The van der Waals surface area contributed by atoms with Crippen LogP contribution in [-0.4, -0.2) is 18.6 Å². The van der Waals surface area contributed by atoms with Gasteiger partial charge in [-0.15, -0.1) is 0 Å². The molecule has 0 radical (unpaired) electrons. The second-order valence-corrected chi connectivity index (χ2v) is 8.43. The Kier molecular flexibility index (Phi) is 3.50. The molecule has 134 valence electrons. The van der Waals surface area contributed by atoms with Crippen LogP contribution in [0.2, 0.25) is 5.02 Å². The summed E-state index contributed by atoms with van der Waals surface area (Å²) in [5, 5.41) is 6.15. The first-order valence-corrected chi connectivity index (χ1v) is 9.99. The zero-order valence-electron chi connectivity index (χ0n) is 13.8. The minimum Gasteiger partial charge on any atom is -0.334 e. The van der Waals surface area contributed by atoms with Crippen LogP contribution in [0.4, 0.5) is 5.69 Å². The van der Waals surface area contributed by atoms with Gasteiger partial charge in [0.25, 0.3) is 15.9 Å². The number of sulfonamides is 1. The summed E-state index contributed by atoms with van der Waals surface area (Å²) >= 11 is 5.89. The van der Waals surface area contributed by atoms with Crippen LogP contribution in [0.3, 0.4) is 0 Å². The molecule has 1 aliphatic rings. The van der Waals surface area contributed by atoms with Crippen molar-refractivity contribution < 1.29 is 12.9 Å². The molecule has 3 aromatic carbocycles. The third-order valence-corrected chi connectivity index (χ3v) is 6.58. The first-order valence-electron chi connectivity index (χ1n) is 8.17. The number of benzene rings is 3. The molecule has 0 bridgehead atoms. The molecule has 4 aromatic rings. The molecular weight excluding hydrogens is 386 g/mol. The quantitative estimate of drug-likeness (QED) is 0.516. The van der Waals surface area contributed by atoms with Gasteiger partial charge >= 0.3 is 0 Å². The molecule has 0 aliphatic carbocycles. The van der Waals surface area contributed by atoms with Crippen LogP contribution in [0.1, 0.15) is 5.82 Å². The minimum atomic E-state index is -3.66. The van der Waals surface area contributed by atoms with Crippen LogP contribution in [-0.2, 0) is 16.6 Å². The van der Waals surface area contributed by atoms with E-state index < -0.39 is 10.0 Å². The standard InChI is InChI=1S/C19H12ClN3O3S/c20-14-9-7-13(8-10-14)19-21-17(22-26-19)11-23-15-5-1-3-12-4-2-6-16(18(12)15)27(23,24)25/h1-10H,11H2. The van der Waals surface area contributed by atoms with Gasteiger partial charge in [-0.1, -0.05) is 41.0 Å². The fourth-order valence-electron chi connectivity index (χ4n) is 3.28. The van der Waals surface area contributed by atoms with Crippen molar-refractivity contribution in [1.29, 1.82) is 0 Å². The molecule has 0 fully saturated rings. The second kappa shape index (κ2) is 5.80.